The number of nitrogens with one attached hydrogen (secondary N) is 2. The van der Waals surface area contributed by atoms with Gasteiger partial charge < -0.3 is 10.6 Å². The van der Waals surface area contributed by atoms with E-state index in [1.54, 1.807) is 30.0 Å². The van der Waals surface area contributed by atoms with Gasteiger partial charge in [-0.3, -0.25) is 9.59 Å². The van der Waals surface area contributed by atoms with E-state index in [-0.39, 0.29) is 17.1 Å². The molecule has 3 rings (SSSR count). The molecular weight excluding hydrogens is 392 g/mol. The second kappa shape index (κ2) is 11.2. The molecule has 0 aliphatic rings. The standard InChI is InChI=1S/C25H26N2O2S/c1-19(30-18-21-12-6-3-7-13-21)24(28)27-23-15-9-8-14-22(23)25(29)26-17-16-20-10-4-2-5-11-20/h2-15,19H,16-18H2,1H3,(H,26,29)(H,27,28)/t19-/m1/s1. The van der Waals surface area contributed by atoms with E-state index in [0.717, 1.165) is 12.2 Å². The van der Waals surface area contributed by atoms with Crippen LogP contribution in [0.2, 0.25) is 0 Å². The van der Waals surface area contributed by atoms with E-state index in [4.69, 9.17) is 0 Å². The Morgan fingerprint density at radius 2 is 1.43 bits per heavy atom. The number of carbonyl (C=O) groups is 2. The molecular formula is C25H26N2O2S. The quantitative estimate of drug-likeness (QED) is 0.519. The predicted octanol–water partition coefficient (Wildman–Crippen LogP) is 4.92. The third kappa shape index (κ3) is 6.49. The summed E-state index contributed by atoms with van der Waals surface area (Å²) in [6, 6.07) is 27.2. The Labute approximate surface area is 182 Å². The summed E-state index contributed by atoms with van der Waals surface area (Å²) >= 11 is 1.57. The lowest BCUT2D eigenvalue weighted by atomic mass is 10.1. The SMILES string of the molecule is C[C@@H](SCc1ccccc1)C(=O)Nc1ccccc1C(=O)NCCc1ccccc1. The minimum atomic E-state index is -0.237. The van der Waals surface area contributed by atoms with Crippen molar-refractivity contribution in [2.24, 2.45) is 0 Å². The first-order chi connectivity index (χ1) is 14.6. The highest BCUT2D eigenvalue weighted by Crippen LogP contribution is 2.21. The second-order valence-electron chi connectivity index (χ2n) is 6.97. The monoisotopic (exact) mass is 418 g/mol. The van der Waals surface area contributed by atoms with E-state index in [0.29, 0.717) is 17.8 Å². The molecule has 2 N–H and O–H groups in total. The maximum absolute atomic E-state index is 12.7. The number of hydrogen-bond acceptors (Lipinski definition) is 3. The van der Waals surface area contributed by atoms with Gasteiger partial charge in [0.1, 0.15) is 0 Å². The van der Waals surface area contributed by atoms with Crippen LogP contribution in [0, 0.1) is 0 Å². The van der Waals surface area contributed by atoms with Gasteiger partial charge in [-0.05, 0) is 36.6 Å². The van der Waals surface area contributed by atoms with Gasteiger partial charge in [0.15, 0.2) is 0 Å². The smallest absolute Gasteiger partial charge is 0.253 e. The molecule has 0 aliphatic heterocycles. The number of rotatable bonds is 9. The van der Waals surface area contributed by atoms with Gasteiger partial charge in [0, 0.05) is 12.3 Å². The lowest BCUT2D eigenvalue weighted by Gasteiger charge is -2.15. The fraction of sp³-hybridized carbons (Fsp3) is 0.200. The highest BCUT2D eigenvalue weighted by Gasteiger charge is 2.17. The zero-order chi connectivity index (χ0) is 21.2. The molecule has 1 atom stereocenters. The van der Waals surface area contributed by atoms with E-state index in [9.17, 15) is 9.59 Å². The summed E-state index contributed by atoms with van der Waals surface area (Å²) in [6.45, 7) is 2.42. The summed E-state index contributed by atoms with van der Waals surface area (Å²) < 4.78 is 0. The number of benzene rings is 3. The highest BCUT2D eigenvalue weighted by atomic mass is 32.2. The maximum atomic E-state index is 12.7. The van der Waals surface area contributed by atoms with Gasteiger partial charge in [-0.15, -0.1) is 11.8 Å². The van der Waals surface area contributed by atoms with Crippen LogP contribution in [-0.4, -0.2) is 23.6 Å². The van der Waals surface area contributed by atoms with Crippen molar-refractivity contribution in [3.05, 3.63) is 102 Å². The summed E-state index contributed by atoms with van der Waals surface area (Å²) in [5.74, 6) is 0.462. The molecule has 0 radical (unpaired) electrons. The van der Waals surface area contributed by atoms with Gasteiger partial charge in [0.25, 0.3) is 5.91 Å². The largest absolute Gasteiger partial charge is 0.352 e. The van der Waals surface area contributed by atoms with Crippen molar-refractivity contribution in [2.45, 2.75) is 24.3 Å². The summed E-state index contributed by atoms with van der Waals surface area (Å²) in [4.78, 5) is 25.3. The molecule has 0 saturated heterocycles. The maximum Gasteiger partial charge on any atom is 0.253 e. The van der Waals surface area contributed by atoms with Gasteiger partial charge >= 0.3 is 0 Å². The van der Waals surface area contributed by atoms with Crippen LogP contribution in [0.25, 0.3) is 0 Å². The molecule has 154 valence electrons. The zero-order valence-electron chi connectivity index (χ0n) is 17.0. The summed E-state index contributed by atoms with van der Waals surface area (Å²) in [5.41, 5.74) is 3.36. The molecule has 0 spiro atoms. The van der Waals surface area contributed by atoms with E-state index in [2.05, 4.69) is 10.6 Å². The van der Waals surface area contributed by atoms with Crippen LogP contribution < -0.4 is 10.6 Å². The Bertz CT molecular complexity index is 961. The van der Waals surface area contributed by atoms with Gasteiger partial charge in [-0.2, -0.15) is 0 Å². The highest BCUT2D eigenvalue weighted by molar-refractivity contribution is 7.99. The lowest BCUT2D eigenvalue weighted by molar-refractivity contribution is -0.115. The molecule has 0 heterocycles. The van der Waals surface area contributed by atoms with Crippen molar-refractivity contribution >= 4 is 29.3 Å². The summed E-state index contributed by atoms with van der Waals surface area (Å²) in [7, 11) is 0. The van der Waals surface area contributed by atoms with Crippen LogP contribution in [0.4, 0.5) is 5.69 Å². The molecule has 0 aliphatic carbocycles. The van der Waals surface area contributed by atoms with Crippen molar-refractivity contribution in [1.82, 2.24) is 5.32 Å². The average molecular weight is 419 g/mol. The third-order valence-corrected chi connectivity index (χ3v) is 5.90. The topological polar surface area (TPSA) is 58.2 Å². The van der Waals surface area contributed by atoms with Crippen LogP contribution in [0.1, 0.15) is 28.4 Å². The Balaban J connectivity index is 1.54. The van der Waals surface area contributed by atoms with Gasteiger partial charge in [0.05, 0.1) is 16.5 Å². The normalized spacial score (nSPS) is 11.5. The Morgan fingerprint density at radius 1 is 0.833 bits per heavy atom. The molecule has 0 bridgehead atoms. The number of hydrogen-bond donors (Lipinski definition) is 2. The average Bonchev–Trinajstić information content (AvgIpc) is 2.79. The van der Waals surface area contributed by atoms with Crippen molar-refractivity contribution in [1.29, 1.82) is 0 Å². The first-order valence-electron chi connectivity index (χ1n) is 10.0. The number of anilines is 1. The zero-order valence-corrected chi connectivity index (χ0v) is 17.8. The fourth-order valence-electron chi connectivity index (χ4n) is 2.96. The minimum Gasteiger partial charge on any atom is -0.352 e. The first-order valence-corrected chi connectivity index (χ1v) is 11.1. The van der Waals surface area contributed by atoms with Gasteiger partial charge in [0.2, 0.25) is 5.91 Å². The minimum absolute atomic E-state index is 0.111. The van der Waals surface area contributed by atoms with E-state index in [1.807, 2.05) is 73.7 Å². The van der Waals surface area contributed by atoms with Gasteiger partial charge in [-0.25, -0.2) is 0 Å². The molecule has 30 heavy (non-hydrogen) atoms. The predicted molar refractivity (Wildman–Crippen MR) is 125 cm³/mol. The molecule has 2 amide bonds. The van der Waals surface area contributed by atoms with Gasteiger partial charge in [-0.1, -0.05) is 72.8 Å². The summed E-state index contributed by atoms with van der Waals surface area (Å²) in [6.07, 6.45) is 0.758. The number of carbonyl (C=O) groups excluding carboxylic acids is 2. The summed E-state index contributed by atoms with van der Waals surface area (Å²) in [5, 5.41) is 5.62. The van der Waals surface area contributed by atoms with Crippen molar-refractivity contribution in [3.63, 3.8) is 0 Å². The Kier molecular flexibility index (Phi) is 8.10. The first kappa shape index (κ1) is 21.7. The molecule has 3 aromatic rings. The number of para-hydroxylation sites is 1. The van der Waals surface area contributed by atoms with Crippen LogP contribution in [0.3, 0.4) is 0 Å². The van der Waals surface area contributed by atoms with Crippen molar-refractivity contribution in [2.75, 3.05) is 11.9 Å². The number of thioether (sulfide) groups is 1. The van der Waals surface area contributed by atoms with E-state index in [1.165, 1.54) is 11.1 Å². The molecule has 0 aromatic heterocycles. The van der Waals surface area contributed by atoms with E-state index < -0.39 is 0 Å². The number of amides is 2. The van der Waals surface area contributed by atoms with Crippen molar-refractivity contribution < 1.29 is 9.59 Å². The molecule has 3 aromatic carbocycles. The molecule has 0 unspecified atom stereocenters. The third-order valence-electron chi connectivity index (χ3n) is 4.68. The second-order valence-corrected chi connectivity index (χ2v) is 8.29. The molecule has 5 heteroatoms. The van der Waals surface area contributed by atoms with Crippen LogP contribution in [0.5, 0.6) is 0 Å². The van der Waals surface area contributed by atoms with Crippen LogP contribution >= 0.6 is 11.8 Å². The Hall–Kier alpha value is -3.05. The lowest BCUT2D eigenvalue weighted by Crippen LogP contribution is -2.28. The molecule has 0 fully saturated rings. The Morgan fingerprint density at radius 3 is 2.13 bits per heavy atom. The van der Waals surface area contributed by atoms with Crippen LogP contribution in [0.15, 0.2) is 84.9 Å². The van der Waals surface area contributed by atoms with Crippen LogP contribution in [-0.2, 0) is 17.0 Å². The van der Waals surface area contributed by atoms with E-state index >= 15 is 0 Å². The molecule has 4 nitrogen and oxygen atoms in total. The fourth-order valence-corrected chi connectivity index (χ4v) is 3.80. The van der Waals surface area contributed by atoms with Crippen molar-refractivity contribution in [3.8, 4) is 0 Å². The molecule has 0 saturated carbocycles.